The SMILES string of the molecule is CN(C)CNCO. The second kappa shape index (κ2) is 4.05. The van der Waals surface area contributed by atoms with E-state index in [2.05, 4.69) is 5.32 Å². The van der Waals surface area contributed by atoms with E-state index in [4.69, 9.17) is 5.11 Å². The second-order valence-corrected chi connectivity index (χ2v) is 1.65. The Morgan fingerprint density at radius 2 is 2.14 bits per heavy atom. The number of aliphatic hydroxyl groups excluding tert-OH is 1. The van der Waals surface area contributed by atoms with Gasteiger partial charge in [0.25, 0.3) is 0 Å². The summed E-state index contributed by atoms with van der Waals surface area (Å²) in [5.74, 6) is 0. The topological polar surface area (TPSA) is 35.5 Å². The van der Waals surface area contributed by atoms with Gasteiger partial charge in [-0.2, -0.15) is 0 Å². The smallest absolute Gasteiger partial charge is 0.0941 e. The zero-order chi connectivity index (χ0) is 5.70. The number of nitrogens with zero attached hydrogens (tertiary/aromatic N) is 1. The van der Waals surface area contributed by atoms with Crippen molar-refractivity contribution in [1.82, 2.24) is 10.2 Å². The van der Waals surface area contributed by atoms with Crippen LogP contribution in [0.1, 0.15) is 0 Å². The molecule has 0 rings (SSSR count). The molecule has 0 amide bonds. The summed E-state index contributed by atoms with van der Waals surface area (Å²) in [6.45, 7) is 0.786. The average Bonchev–Trinajstić information content (AvgIpc) is 1.61. The van der Waals surface area contributed by atoms with Crippen LogP contribution in [0.25, 0.3) is 0 Å². The predicted octanol–water partition coefficient (Wildman–Crippen LogP) is -0.955. The minimum absolute atomic E-state index is 0.0537. The molecule has 0 spiro atoms. The molecule has 0 heterocycles. The molecule has 2 N–H and O–H groups in total. The Hall–Kier alpha value is -0.120. The standard InChI is InChI=1S/C4H12N2O/c1-6(2)3-5-4-7/h5,7H,3-4H2,1-2H3. The van der Waals surface area contributed by atoms with Crippen LogP contribution in [0, 0.1) is 0 Å². The molecule has 0 saturated heterocycles. The normalized spacial score (nSPS) is 10.3. The third kappa shape index (κ3) is 5.88. The molecule has 0 aromatic heterocycles. The summed E-state index contributed by atoms with van der Waals surface area (Å²) in [6.07, 6.45) is 0. The number of nitrogens with one attached hydrogen (secondary N) is 1. The first-order valence-corrected chi connectivity index (χ1v) is 2.23. The van der Waals surface area contributed by atoms with Gasteiger partial charge in [-0.25, -0.2) is 0 Å². The van der Waals surface area contributed by atoms with Crippen molar-refractivity contribution in [1.29, 1.82) is 0 Å². The van der Waals surface area contributed by atoms with Crippen LogP contribution >= 0.6 is 0 Å². The highest BCUT2D eigenvalue weighted by atomic mass is 16.3. The van der Waals surface area contributed by atoms with E-state index in [1.54, 1.807) is 0 Å². The summed E-state index contributed by atoms with van der Waals surface area (Å²) in [5.41, 5.74) is 0. The lowest BCUT2D eigenvalue weighted by Crippen LogP contribution is -2.28. The second-order valence-electron chi connectivity index (χ2n) is 1.65. The van der Waals surface area contributed by atoms with Gasteiger partial charge in [-0.15, -0.1) is 0 Å². The van der Waals surface area contributed by atoms with Crippen LogP contribution in [-0.4, -0.2) is 37.5 Å². The van der Waals surface area contributed by atoms with E-state index in [-0.39, 0.29) is 6.73 Å². The monoisotopic (exact) mass is 104 g/mol. The van der Waals surface area contributed by atoms with Crippen molar-refractivity contribution < 1.29 is 5.11 Å². The fourth-order valence-electron chi connectivity index (χ4n) is 0.274. The number of hydrogen-bond acceptors (Lipinski definition) is 3. The van der Waals surface area contributed by atoms with Crippen molar-refractivity contribution in [3.8, 4) is 0 Å². The van der Waals surface area contributed by atoms with Crippen LogP contribution in [0.4, 0.5) is 0 Å². The molecule has 0 aliphatic rings. The Kier molecular flexibility index (Phi) is 3.98. The highest BCUT2D eigenvalue weighted by Crippen LogP contribution is 1.62. The van der Waals surface area contributed by atoms with Crippen LogP contribution in [0.3, 0.4) is 0 Å². The fourth-order valence-corrected chi connectivity index (χ4v) is 0.274. The van der Waals surface area contributed by atoms with Gasteiger partial charge in [0.2, 0.25) is 0 Å². The van der Waals surface area contributed by atoms with E-state index in [9.17, 15) is 0 Å². The van der Waals surface area contributed by atoms with Crippen molar-refractivity contribution in [2.75, 3.05) is 27.5 Å². The van der Waals surface area contributed by atoms with Gasteiger partial charge in [-0.1, -0.05) is 0 Å². The van der Waals surface area contributed by atoms with Crippen LogP contribution in [0.15, 0.2) is 0 Å². The lowest BCUT2D eigenvalue weighted by Gasteiger charge is -2.07. The number of aliphatic hydroxyl groups is 1. The van der Waals surface area contributed by atoms with Crippen LogP contribution in [0.2, 0.25) is 0 Å². The maximum absolute atomic E-state index is 8.18. The first kappa shape index (κ1) is 6.88. The van der Waals surface area contributed by atoms with Crippen LogP contribution in [-0.2, 0) is 0 Å². The number of rotatable bonds is 3. The molecule has 0 aromatic rings. The molecule has 0 bridgehead atoms. The lowest BCUT2D eigenvalue weighted by atomic mass is 10.8. The van der Waals surface area contributed by atoms with Gasteiger partial charge in [-0.05, 0) is 14.1 Å². The van der Waals surface area contributed by atoms with Crippen molar-refractivity contribution >= 4 is 0 Å². The summed E-state index contributed by atoms with van der Waals surface area (Å²) < 4.78 is 0. The van der Waals surface area contributed by atoms with Gasteiger partial charge in [0.1, 0.15) is 0 Å². The minimum Gasteiger partial charge on any atom is -0.381 e. The first-order chi connectivity index (χ1) is 3.27. The van der Waals surface area contributed by atoms with E-state index in [0.29, 0.717) is 0 Å². The fraction of sp³-hybridized carbons (Fsp3) is 1.00. The first-order valence-electron chi connectivity index (χ1n) is 2.23. The van der Waals surface area contributed by atoms with Gasteiger partial charge in [0, 0.05) is 6.67 Å². The summed E-state index contributed by atoms with van der Waals surface area (Å²) in [6, 6.07) is 0. The summed E-state index contributed by atoms with van der Waals surface area (Å²) >= 11 is 0. The molecular weight excluding hydrogens is 92.1 g/mol. The predicted molar refractivity (Wildman–Crippen MR) is 28.8 cm³/mol. The molecule has 44 valence electrons. The molecule has 3 nitrogen and oxygen atoms in total. The van der Waals surface area contributed by atoms with E-state index in [1.807, 2.05) is 19.0 Å². The largest absolute Gasteiger partial charge is 0.381 e. The Morgan fingerprint density at radius 1 is 1.57 bits per heavy atom. The summed E-state index contributed by atoms with van der Waals surface area (Å²) in [4.78, 5) is 1.94. The van der Waals surface area contributed by atoms with Gasteiger partial charge >= 0.3 is 0 Å². The minimum atomic E-state index is 0.0537. The average molecular weight is 104 g/mol. The van der Waals surface area contributed by atoms with Crippen LogP contribution in [0.5, 0.6) is 0 Å². The van der Waals surface area contributed by atoms with Gasteiger partial charge in [0.05, 0.1) is 6.73 Å². The van der Waals surface area contributed by atoms with Crippen molar-refractivity contribution in [3.63, 3.8) is 0 Å². The van der Waals surface area contributed by atoms with E-state index < -0.39 is 0 Å². The quantitative estimate of drug-likeness (QED) is 0.453. The molecule has 0 atom stereocenters. The van der Waals surface area contributed by atoms with E-state index in [0.717, 1.165) is 6.67 Å². The summed E-state index contributed by atoms with van der Waals surface area (Å²) in [5, 5.41) is 10.9. The Morgan fingerprint density at radius 3 is 2.29 bits per heavy atom. The van der Waals surface area contributed by atoms with Gasteiger partial charge in [0.15, 0.2) is 0 Å². The Labute approximate surface area is 43.9 Å². The van der Waals surface area contributed by atoms with Crippen molar-refractivity contribution in [3.05, 3.63) is 0 Å². The summed E-state index contributed by atoms with van der Waals surface area (Å²) in [7, 11) is 3.87. The maximum atomic E-state index is 8.18. The number of hydrogen-bond donors (Lipinski definition) is 2. The lowest BCUT2D eigenvalue weighted by molar-refractivity contribution is 0.228. The molecule has 0 unspecified atom stereocenters. The third-order valence-corrected chi connectivity index (χ3v) is 0.540. The molecule has 0 aromatic carbocycles. The molecule has 0 saturated carbocycles. The Balaban J connectivity index is 2.68. The zero-order valence-electron chi connectivity index (χ0n) is 4.81. The van der Waals surface area contributed by atoms with Crippen molar-refractivity contribution in [2.45, 2.75) is 0 Å². The van der Waals surface area contributed by atoms with E-state index >= 15 is 0 Å². The molecule has 3 heteroatoms. The molecular formula is C4H12N2O. The maximum Gasteiger partial charge on any atom is 0.0941 e. The molecule has 0 aliphatic heterocycles. The highest BCUT2D eigenvalue weighted by molar-refractivity contribution is 4.32. The molecule has 7 heavy (non-hydrogen) atoms. The zero-order valence-corrected chi connectivity index (χ0v) is 4.81. The molecule has 0 aliphatic carbocycles. The van der Waals surface area contributed by atoms with Crippen molar-refractivity contribution in [2.24, 2.45) is 0 Å². The van der Waals surface area contributed by atoms with Gasteiger partial charge in [-0.3, -0.25) is 10.2 Å². The third-order valence-electron chi connectivity index (χ3n) is 0.540. The molecule has 0 radical (unpaired) electrons. The Bertz CT molecular complexity index is 38.7. The van der Waals surface area contributed by atoms with E-state index in [1.165, 1.54) is 0 Å². The van der Waals surface area contributed by atoms with Crippen LogP contribution < -0.4 is 5.32 Å². The van der Waals surface area contributed by atoms with Gasteiger partial charge < -0.3 is 5.11 Å². The highest BCUT2D eigenvalue weighted by Gasteiger charge is 1.81. The molecule has 0 fully saturated rings.